The van der Waals surface area contributed by atoms with Crippen molar-refractivity contribution < 1.29 is 0 Å². The smallest absolute Gasteiger partial charge is 0.0426 e. The van der Waals surface area contributed by atoms with Crippen LogP contribution in [0.4, 0.5) is 5.69 Å². The van der Waals surface area contributed by atoms with Crippen LogP contribution in [-0.4, -0.2) is 43.7 Å². The first kappa shape index (κ1) is 12.7. The number of likely N-dealkylation sites (N-methyl/N-ethyl adjacent to an activating group) is 1. The summed E-state index contributed by atoms with van der Waals surface area (Å²) in [5, 5.41) is 0.790. The molecule has 2 unspecified atom stereocenters. The Hall–Kier alpha value is -0.770. The van der Waals surface area contributed by atoms with Gasteiger partial charge in [-0.2, -0.15) is 0 Å². The molecular formula is C13H20ClN3. The average Bonchev–Trinajstić information content (AvgIpc) is 2.32. The zero-order valence-corrected chi connectivity index (χ0v) is 11.2. The van der Waals surface area contributed by atoms with Gasteiger partial charge in [0, 0.05) is 42.4 Å². The van der Waals surface area contributed by atoms with Crippen molar-refractivity contribution in [3.63, 3.8) is 0 Å². The Morgan fingerprint density at radius 2 is 2.18 bits per heavy atom. The van der Waals surface area contributed by atoms with Gasteiger partial charge in [-0.05, 0) is 32.2 Å². The van der Waals surface area contributed by atoms with E-state index < -0.39 is 0 Å². The maximum atomic E-state index is 6.04. The van der Waals surface area contributed by atoms with Crippen LogP contribution in [0.2, 0.25) is 5.02 Å². The van der Waals surface area contributed by atoms with E-state index in [2.05, 4.69) is 29.8 Å². The van der Waals surface area contributed by atoms with Gasteiger partial charge in [0.25, 0.3) is 0 Å². The number of anilines is 1. The highest BCUT2D eigenvalue weighted by Gasteiger charge is 2.28. The second kappa shape index (κ2) is 5.25. The average molecular weight is 254 g/mol. The number of hydrogen-bond donors (Lipinski definition) is 1. The minimum Gasteiger partial charge on any atom is -0.368 e. The van der Waals surface area contributed by atoms with Crippen molar-refractivity contribution in [2.45, 2.75) is 19.0 Å². The molecule has 2 atom stereocenters. The molecule has 0 saturated carbocycles. The monoisotopic (exact) mass is 253 g/mol. The molecule has 2 N–H and O–H groups in total. The van der Waals surface area contributed by atoms with Crippen LogP contribution in [0.3, 0.4) is 0 Å². The summed E-state index contributed by atoms with van der Waals surface area (Å²) in [6.45, 7) is 4.92. The number of nitrogens with two attached hydrogens (primary N) is 1. The molecule has 1 fully saturated rings. The van der Waals surface area contributed by atoms with Crippen molar-refractivity contribution in [3.8, 4) is 0 Å². The highest BCUT2D eigenvalue weighted by Crippen LogP contribution is 2.23. The van der Waals surface area contributed by atoms with Crippen LogP contribution in [0, 0.1) is 0 Å². The third kappa shape index (κ3) is 2.73. The standard InChI is InChI=1S/C13H20ClN3/c1-10-8-17(9-13(7-15)16(10)2)12-5-3-4-11(14)6-12/h3-6,10,13H,7-9,15H2,1-2H3. The normalized spacial score (nSPS) is 26.2. The van der Waals surface area contributed by atoms with Crippen LogP contribution < -0.4 is 10.6 Å². The number of nitrogens with zero attached hydrogens (tertiary/aromatic N) is 2. The van der Waals surface area contributed by atoms with Gasteiger partial charge in [-0.3, -0.25) is 4.90 Å². The molecule has 1 heterocycles. The van der Waals surface area contributed by atoms with E-state index in [0.717, 1.165) is 18.1 Å². The minimum absolute atomic E-state index is 0.415. The summed E-state index contributed by atoms with van der Waals surface area (Å²) in [5.74, 6) is 0. The molecule has 1 aromatic carbocycles. The SMILES string of the molecule is CC1CN(c2cccc(Cl)c2)CC(CN)N1C. The number of halogens is 1. The predicted molar refractivity (Wildman–Crippen MR) is 73.7 cm³/mol. The van der Waals surface area contributed by atoms with Gasteiger partial charge in [0.1, 0.15) is 0 Å². The predicted octanol–water partition coefficient (Wildman–Crippen LogP) is 1.81. The second-order valence-corrected chi connectivity index (χ2v) is 5.23. The Kier molecular flexibility index (Phi) is 3.92. The Morgan fingerprint density at radius 3 is 2.82 bits per heavy atom. The maximum Gasteiger partial charge on any atom is 0.0426 e. The molecule has 3 nitrogen and oxygen atoms in total. The number of benzene rings is 1. The molecule has 2 rings (SSSR count). The Bertz CT molecular complexity index is 383. The quantitative estimate of drug-likeness (QED) is 0.873. The van der Waals surface area contributed by atoms with Crippen molar-refractivity contribution in [2.24, 2.45) is 5.73 Å². The van der Waals surface area contributed by atoms with Gasteiger partial charge in [-0.1, -0.05) is 17.7 Å². The lowest BCUT2D eigenvalue weighted by Crippen LogP contribution is -2.58. The first-order valence-corrected chi connectivity index (χ1v) is 6.42. The highest BCUT2D eigenvalue weighted by atomic mass is 35.5. The highest BCUT2D eigenvalue weighted by molar-refractivity contribution is 6.30. The Morgan fingerprint density at radius 1 is 1.41 bits per heavy atom. The topological polar surface area (TPSA) is 32.5 Å². The van der Waals surface area contributed by atoms with Crippen LogP contribution in [0.25, 0.3) is 0 Å². The first-order valence-electron chi connectivity index (χ1n) is 6.04. The molecule has 1 aromatic rings. The van der Waals surface area contributed by atoms with Crippen LogP contribution >= 0.6 is 11.6 Å². The van der Waals surface area contributed by atoms with Crippen LogP contribution in [0.1, 0.15) is 6.92 Å². The largest absolute Gasteiger partial charge is 0.368 e. The van der Waals surface area contributed by atoms with Crippen molar-refractivity contribution in [1.29, 1.82) is 0 Å². The molecule has 4 heteroatoms. The summed E-state index contributed by atoms with van der Waals surface area (Å²) in [5.41, 5.74) is 7.02. The van der Waals surface area contributed by atoms with E-state index in [-0.39, 0.29) is 0 Å². The summed E-state index contributed by atoms with van der Waals surface area (Å²) in [6.07, 6.45) is 0. The van der Waals surface area contributed by atoms with Crippen molar-refractivity contribution in [3.05, 3.63) is 29.3 Å². The summed E-state index contributed by atoms with van der Waals surface area (Å²) in [6, 6.07) is 8.96. The summed E-state index contributed by atoms with van der Waals surface area (Å²) < 4.78 is 0. The second-order valence-electron chi connectivity index (χ2n) is 4.79. The van der Waals surface area contributed by atoms with E-state index in [4.69, 9.17) is 17.3 Å². The lowest BCUT2D eigenvalue weighted by Gasteiger charge is -2.44. The number of hydrogen-bond acceptors (Lipinski definition) is 3. The summed E-state index contributed by atoms with van der Waals surface area (Å²) in [4.78, 5) is 4.73. The fourth-order valence-corrected chi connectivity index (χ4v) is 2.57. The number of rotatable bonds is 2. The molecule has 94 valence electrons. The van der Waals surface area contributed by atoms with E-state index >= 15 is 0 Å². The van der Waals surface area contributed by atoms with Crippen molar-refractivity contribution in [2.75, 3.05) is 31.6 Å². The van der Waals surface area contributed by atoms with Gasteiger partial charge in [-0.25, -0.2) is 0 Å². The van der Waals surface area contributed by atoms with E-state index in [0.29, 0.717) is 18.6 Å². The lowest BCUT2D eigenvalue weighted by atomic mass is 10.1. The van der Waals surface area contributed by atoms with E-state index in [1.807, 2.05) is 18.2 Å². The molecule has 0 aliphatic carbocycles. The number of piperazine rings is 1. The maximum absolute atomic E-state index is 6.04. The first-order chi connectivity index (χ1) is 8.11. The van der Waals surface area contributed by atoms with Crippen molar-refractivity contribution in [1.82, 2.24) is 4.90 Å². The third-order valence-electron chi connectivity index (χ3n) is 3.63. The Labute approximate surface area is 108 Å². The molecule has 1 saturated heterocycles. The summed E-state index contributed by atoms with van der Waals surface area (Å²) >= 11 is 6.04. The molecule has 0 aromatic heterocycles. The molecule has 17 heavy (non-hydrogen) atoms. The van der Waals surface area contributed by atoms with Gasteiger partial charge in [0.05, 0.1) is 0 Å². The molecule has 0 bridgehead atoms. The third-order valence-corrected chi connectivity index (χ3v) is 3.87. The van der Waals surface area contributed by atoms with E-state index in [1.165, 1.54) is 5.69 Å². The van der Waals surface area contributed by atoms with Gasteiger partial charge >= 0.3 is 0 Å². The molecule has 0 spiro atoms. The molecule has 1 aliphatic heterocycles. The zero-order chi connectivity index (χ0) is 12.4. The zero-order valence-electron chi connectivity index (χ0n) is 10.4. The fourth-order valence-electron chi connectivity index (χ4n) is 2.39. The molecule has 0 radical (unpaired) electrons. The van der Waals surface area contributed by atoms with E-state index in [1.54, 1.807) is 0 Å². The minimum atomic E-state index is 0.415. The van der Waals surface area contributed by atoms with Gasteiger partial charge in [0.2, 0.25) is 0 Å². The van der Waals surface area contributed by atoms with Crippen LogP contribution in [0.5, 0.6) is 0 Å². The molecule has 1 aliphatic rings. The Balaban J connectivity index is 2.17. The van der Waals surface area contributed by atoms with Gasteiger partial charge < -0.3 is 10.6 Å². The summed E-state index contributed by atoms with van der Waals surface area (Å²) in [7, 11) is 2.15. The van der Waals surface area contributed by atoms with Crippen LogP contribution in [0.15, 0.2) is 24.3 Å². The van der Waals surface area contributed by atoms with Crippen LogP contribution in [-0.2, 0) is 0 Å². The molecule has 0 amide bonds. The lowest BCUT2D eigenvalue weighted by molar-refractivity contribution is 0.162. The van der Waals surface area contributed by atoms with E-state index in [9.17, 15) is 0 Å². The van der Waals surface area contributed by atoms with Gasteiger partial charge in [-0.15, -0.1) is 0 Å². The van der Waals surface area contributed by atoms with Crippen molar-refractivity contribution >= 4 is 17.3 Å². The van der Waals surface area contributed by atoms with Gasteiger partial charge in [0.15, 0.2) is 0 Å². The molecular weight excluding hydrogens is 234 g/mol. The fraction of sp³-hybridized carbons (Fsp3) is 0.538.